The highest BCUT2D eigenvalue weighted by Gasteiger charge is 2.22. The van der Waals surface area contributed by atoms with Gasteiger partial charge < -0.3 is 16.0 Å². The van der Waals surface area contributed by atoms with Gasteiger partial charge in [-0.25, -0.2) is 13.2 Å². The Kier molecular flexibility index (Phi) is 9.48. The summed E-state index contributed by atoms with van der Waals surface area (Å²) >= 11 is 0. The Bertz CT molecular complexity index is 1010. The molecule has 2 rings (SSSR count). The zero-order valence-electron chi connectivity index (χ0n) is 18.6. The highest BCUT2D eigenvalue weighted by atomic mass is 32.2. The van der Waals surface area contributed by atoms with E-state index in [0.717, 1.165) is 5.56 Å². The molecule has 2 aromatic rings. The lowest BCUT2D eigenvalue weighted by Gasteiger charge is -2.20. The van der Waals surface area contributed by atoms with Crippen LogP contribution < -0.4 is 21.3 Å². The smallest absolute Gasteiger partial charge is 0.321 e. The number of hydrogen-bond donors (Lipinski definition) is 4. The molecule has 0 aliphatic rings. The Balaban J connectivity index is 2.03. The van der Waals surface area contributed by atoms with E-state index in [1.807, 2.05) is 37.3 Å². The van der Waals surface area contributed by atoms with Gasteiger partial charge in [0.1, 0.15) is 0 Å². The second-order valence-corrected chi connectivity index (χ2v) is 8.83. The van der Waals surface area contributed by atoms with Gasteiger partial charge in [-0.15, -0.1) is 0 Å². The van der Waals surface area contributed by atoms with E-state index in [-0.39, 0.29) is 11.4 Å². The van der Waals surface area contributed by atoms with Crippen LogP contribution in [0.1, 0.15) is 26.3 Å². The summed E-state index contributed by atoms with van der Waals surface area (Å²) in [6.45, 7) is 6.89. The van der Waals surface area contributed by atoms with Gasteiger partial charge >= 0.3 is 6.03 Å². The first-order valence-electron chi connectivity index (χ1n) is 10.5. The van der Waals surface area contributed by atoms with E-state index in [1.165, 1.54) is 16.4 Å². The molecule has 0 heterocycles. The zero-order valence-corrected chi connectivity index (χ0v) is 19.5. The maximum Gasteiger partial charge on any atom is 0.321 e. The Morgan fingerprint density at radius 2 is 1.59 bits per heavy atom. The molecule has 0 saturated heterocycles. The van der Waals surface area contributed by atoms with Crippen LogP contribution >= 0.6 is 0 Å². The summed E-state index contributed by atoms with van der Waals surface area (Å²) in [6.07, 6.45) is 0. The summed E-state index contributed by atoms with van der Waals surface area (Å²) in [4.78, 5) is 24.3. The molecule has 174 valence electrons. The number of hydrogen-bond acceptors (Lipinski definition) is 6. The van der Waals surface area contributed by atoms with Crippen LogP contribution in [0, 0.1) is 0 Å². The van der Waals surface area contributed by atoms with Crippen LogP contribution in [0.15, 0.2) is 53.4 Å². The van der Waals surface area contributed by atoms with Crippen LogP contribution in [0.25, 0.3) is 0 Å². The van der Waals surface area contributed by atoms with Crippen molar-refractivity contribution in [2.24, 2.45) is 0 Å². The average Bonchev–Trinajstić information content (AvgIpc) is 2.78. The van der Waals surface area contributed by atoms with Gasteiger partial charge in [-0.1, -0.05) is 44.2 Å². The Hall–Kier alpha value is -3.11. The molecular weight excluding hydrogens is 430 g/mol. The van der Waals surface area contributed by atoms with E-state index < -0.39 is 22.0 Å². The predicted octanol–water partition coefficient (Wildman–Crippen LogP) is 2.59. The molecule has 9 nitrogen and oxygen atoms in total. The van der Waals surface area contributed by atoms with Gasteiger partial charge in [0.15, 0.2) is 0 Å². The van der Waals surface area contributed by atoms with Crippen LogP contribution in [0.3, 0.4) is 0 Å². The van der Waals surface area contributed by atoms with Gasteiger partial charge in [-0.2, -0.15) is 4.31 Å². The Morgan fingerprint density at radius 3 is 2.22 bits per heavy atom. The Labute approximate surface area is 189 Å². The molecule has 3 amide bonds. The number of benzene rings is 2. The molecule has 0 saturated carbocycles. The van der Waals surface area contributed by atoms with Crippen molar-refractivity contribution in [2.75, 3.05) is 36.8 Å². The molecule has 0 radical (unpaired) electrons. The second-order valence-electron chi connectivity index (χ2n) is 6.90. The molecule has 0 aliphatic heterocycles. The first kappa shape index (κ1) is 25.2. The van der Waals surface area contributed by atoms with Crippen LogP contribution in [0.2, 0.25) is 0 Å². The minimum Gasteiger partial charge on any atom is -0.384 e. The van der Waals surface area contributed by atoms with Crippen molar-refractivity contribution in [1.82, 2.24) is 14.9 Å². The molecule has 2 aromatic carbocycles. The first-order valence-corrected chi connectivity index (χ1v) is 12.0. The predicted molar refractivity (Wildman–Crippen MR) is 126 cm³/mol. The van der Waals surface area contributed by atoms with E-state index in [0.29, 0.717) is 37.6 Å². The van der Waals surface area contributed by atoms with Crippen LogP contribution in [0.4, 0.5) is 16.2 Å². The minimum atomic E-state index is -3.65. The molecule has 0 bridgehead atoms. The second kappa shape index (κ2) is 12.1. The van der Waals surface area contributed by atoms with Crippen molar-refractivity contribution < 1.29 is 18.0 Å². The zero-order chi connectivity index (χ0) is 23.6. The number of nitrogens with one attached hydrogen (secondary N) is 4. The van der Waals surface area contributed by atoms with Crippen LogP contribution in [-0.4, -0.2) is 50.8 Å². The van der Waals surface area contributed by atoms with Gasteiger partial charge in [0.2, 0.25) is 15.9 Å². The number of carbonyl (C=O) groups excluding carboxylic acids is 2. The average molecular weight is 462 g/mol. The van der Waals surface area contributed by atoms with Crippen molar-refractivity contribution in [3.8, 4) is 0 Å². The van der Waals surface area contributed by atoms with Crippen molar-refractivity contribution in [3.05, 3.63) is 54.1 Å². The number of amides is 3. The number of carbonyl (C=O) groups is 2. The maximum absolute atomic E-state index is 12.8. The largest absolute Gasteiger partial charge is 0.384 e. The van der Waals surface area contributed by atoms with Gasteiger partial charge in [-0.3, -0.25) is 10.1 Å². The molecule has 0 aliphatic carbocycles. The molecule has 4 N–H and O–H groups in total. The molecule has 32 heavy (non-hydrogen) atoms. The highest BCUT2D eigenvalue weighted by molar-refractivity contribution is 7.89. The summed E-state index contributed by atoms with van der Waals surface area (Å²) in [7, 11) is -3.65. The number of urea groups is 1. The molecule has 0 aromatic heterocycles. The van der Waals surface area contributed by atoms with E-state index in [2.05, 4.69) is 21.3 Å². The summed E-state index contributed by atoms with van der Waals surface area (Å²) in [5, 5.41) is 10.9. The molecule has 0 unspecified atom stereocenters. The number of anilines is 2. The fourth-order valence-electron chi connectivity index (χ4n) is 3.06. The van der Waals surface area contributed by atoms with E-state index in [4.69, 9.17) is 0 Å². The third-order valence-electron chi connectivity index (χ3n) is 4.69. The molecule has 0 atom stereocenters. The van der Waals surface area contributed by atoms with Gasteiger partial charge in [0, 0.05) is 26.2 Å². The van der Waals surface area contributed by atoms with Crippen molar-refractivity contribution in [1.29, 1.82) is 0 Å². The maximum atomic E-state index is 12.8. The summed E-state index contributed by atoms with van der Waals surface area (Å²) in [5.41, 5.74) is 2.03. The lowest BCUT2D eigenvalue weighted by molar-refractivity contribution is -0.118. The van der Waals surface area contributed by atoms with Gasteiger partial charge in [0.25, 0.3) is 0 Å². The van der Waals surface area contributed by atoms with E-state index in [9.17, 15) is 18.0 Å². The Morgan fingerprint density at radius 1 is 0.906 bits per heavy atom. The van der Waals surface area contributed by atoms with Crippen molar-refractivity contribution in [3.63, 3.8) is 0 Å². The molecule has 10 heteroatoms. The SMILES string of the molecule is CCNc1ccc(S(=O)(=O)N(CC)CC)cc1NCC(=O)NC(=O)NCc1ccccc1. The monoisotopic (exact) mass is 461 g/mol. The third-order valence-corrected chi connectivity index (χ3v) is 6.74. The molecule has 0 fully saturated rings. The summed E-state index contributed by atoms with van der Waals surface area (Å²) in [6, 6.07) is 13.4. The van der Waals surface area contributed by atoms with Crippen molar-refractivity contribution in [2.45, 2.75) is 32.2 Å². The van der Waals surface area contributed by atoms with Crippen molar-refractivity contribution >= 4 is 33.3 Å². The van der Waals surface area contributed by atoms with Gasteiger partial charge in [0.05, 0.1) is 22.8 Å². The van der Waals surface area contributed by atoms with Gasteiger partial charge in [-0.05, 0) is 30.7 Å². The lowest BCUT2D eigenvalue weighted by Crippen LogP contribution is -2.41. The topological polar surface area (TPSA) is 120 Å². The van der Waals surface area contributed by atoms with Crippen LogP contribution in [0.5, 0.6) is 0 Å². The standard InChI is InChI=1S/C22H31N5O4S/c1-4-23-19-13-12-18(32(30,31)27(5-2)6-3)14-20(19)24-16-21(28)26-22(29)25-15-17-10-8-7-9-11-17/h7-14,23-24H,4-6,15-16H2,1-3H3,(H2,25,26,28,29). The minimum absolute atomic E-state index is 0.131. The normalized spacial score (nSPS) is 11.1. The van der Waals surface area contributed by atoms with E-state index in [1.54, 1.807) is 19.9 Å². The number of sulfonamides is 1. The summed E-state index contributed by atoms with van der Waals surface area (Å²) in [5.74, 6) is -0.546. The number of nitrogens with zero attached hydrogens (tertiary/aromatic N) is 1. The fraction of sp³-hybridized carbons (Fsp3) is 0.364. The quantitative estimate of drug-likeness (QED) is 0.408. The number of rotatable bonds is 11. The van der Waals surface area contributed by atoms with E-state index >= 15 is 0 Å². The highest BCUT2D eigenvalue weighted by Crippen LogP contribution is 2.27. The molecule has 0 spiro atoms. The first-order chi connectivity index (χ1) is 15.3. The lowest BCUT2D eigenvalue weighted by atomic mass is 10.2. The third kappa shape index (κ3) is 6.96. The molecular formula is C22H31N5O4S. The van der Waals surface area contributed by atoms with Crippen LogP contribution in [-0.2, 0) is 21.4 Å². The summed E-state index contributed by atoms with van der Waals surface area (Å²) < 4.78 is 27.0. The number of imide groups is 1. The fourth-order valence-corrected chi connectivity index (χ4v) is 4.54.